The summed E-state index contributed by atoms with van der Waals surface area (Å²) in [5.41, 5.74) is -0.585. The molecule has 3 fully saturated rings. The first-order chi connectivity index (χ1) is 16.0. The van der Waals surface area contributed by atoms with Crippen LogP contribution in [0.1, 0.15) is 93.4 Å². The first-order valence-corrected chi connectivity index (χ1v) is 14.1. The molecule has 0 aromatic heterocycles. The average molecular weight is 501 g/mol. The average Bonchev–Trinajstić information content (AvgIpc) is 2.75. The minimum atomic E-state index is -0.736. The van der Waals surface area contributed by atoms with Gasteiger partial charge in [0.05, 0.1) is 11.2 Å². The van der Waals surface area contributed by atoms with Crippen molar-refractivity contribution in [3.8, 4) is 0 Å². The van der Waals surface area contributed by atoms with Gasteiger partial charge in [0.25, 0.3) is 0 Å². The zero-order chi connectivity index (χ0) is 26.0. The molecule has 0 bridgehead atoms. The summed E-state index contributed by atoms with van der Waals surface area (Å²) in [6.07, 6.45) is 10.1. The fourth-order valence-corrected chi connectivity index (χ4v) is 10.4. The molecule has 0 amide bonds. The highest BCUT2D eigenvalue weighted by Gasteiger charge is 2.71. The van der Waals surface area contributed by atoms with Crippen LogP contribution in [0.15, 0.2) is 23.5 Å². The molecule has 9 atom stereocenters. The lowest BCUT2D eigenvalue weighted by Crippen LogP contribution is -2.67. The summed E-state index contributed by atoms with van der Waals surface area (Å²) in [6, 6.07) is 0. The first kappa shape index (κ1) is 25.4. The van der Waals surface area contributed by atoms with Crippen LogP contribution in [0.5, 0.6) is 0 Å². The Bertz CT molecular complexity index is 1060. The summed E-state index contributed by atoms with van der Waals surface area (Å²) in [5.74, 6) is 0.0124. The zero-order valence-corrected chi connectivity index (χ0v) is 23.5. The second kappa shape index (κ2) is 7.20. The monoisotopic (exact) mass is 500 g/mol. The van der Waals surface area contributed by atoms with Crippen LogP contribution >= 0.6 is 12.6 Å². The molecule has 5 aliphatic carbocycles. The smallest absolute Gasteiger partial charge is 0.309 e. The summed E-state index contributed by atoms with van der Waals surface area (Å²) < 4.78 is 0. The summed E-state index contributed by atoms with van der Waals surface area (Å²) >= 11 is 5.01. The maximum absolute atomic E-state index is 14.3. The van der Waals surface area contributed by atoms with Gasteiger partial charge in [-0.05, 0) is 97.5 Å². The molecule has 0 unspecified atom stereocenters. The molecule has 3 saturated carbocycles. The maximum Gasteiger partial charge on any atom is 0.309 e. The number of ketones is 1. The Balaban J connectivity index is 1.66. The van der Waals surface area contributed by atoms with E-state index < -0.39 is 16.8 Å². The Morgan fingerprint density at radius 2 is 1.63 bits per heavy atom. The van der Waals surface area contributed by atoms with Crippen molar-refractivity contribution in [2.24, 2.45) is 50.2 Å². The van der Waals surface area contributed by atoms with Crippen LogP contribution in [0.2, 0.25) is 0 Å². The molecular formula is C30H44O4S. The van der Waals surface area contributed by atoms with Gasteiger partial charge in [0, 0.05) is 16.6 Å². The Morgan fingerprint density at radius 3 is 2.26 bits per heavy atom. The third kappa shape index (κ3) is 2.94. The van der Waals surface area contributed by atoms with E-state index in [9.17, 15) is 19.8 Å². The number of hydrogen-bond acceptors (Lipinski definition) is 4. The third-order valence-corrected chi connectivity index (χ3v) is 13.5. The van der Waals surface area contributed by atoms with E-state index >= 15 is 0 Å². The van der Waals surface area contributed by atoms with E-state index in [0.717, 1.165) is 32.1 Å². The number of aliphatic carboxylic acids is 1. The number of thiol groups is 1. The van der Waals surface area contributed by atoms with Crippen LogP contribution in [-0.4, -0.2) is 27.2 Å². The van der Waals surface area contributed by atoms with Gasteiger partial charge < -0.3 is 10.2 Å². The van der Waals surface area contributed by atoms with E-state index in [1.54, 1.807) is 0 Å². The number of fused-ring (bicyclic) bond motifs is 7. The van der Waals surface area contributed by atoms with Gasteiger partial charge in [0.2, 0.25) is 0 Å². The Kier molecular flexibility index (Phi) is 5.23. The number of carbonyl (C=O) groups is 2. The molecule has 35 heavy (non-hydrogen) atoms. The first-order valence-electron chi connectivity index (χ1n) is 13.6. The number of allylic oxidation sites excluding steroid dienone is 3. The van der Waals surface area contributed by atoms with Crippen molar-refractivity contribution in [2.75, 3.05) is 0 Å². The van der Waals surface area contributed by atoms with E-state index in [4.69, 9.17) is 12.6 Å². The molecule has 0 saturated heterocycles. The summed E-state index contributed by atoms with van der Waals surface area (Å²) in [4.78, 5) is 26.5. The molecule has 0 radical (unpaired) electrons. The number of carboxylic acid groups (broad SMARTS) is 1. The number of carboxylic acids is 1. The van der Waals surface area contributed by atoms with E-state index in [1.807, 2.05) is 19.1 Å². The highest BCUT2D eigenvalue weighted by atomic mass is 32.1. The van der Waals surface area contributed by atoms with Crippen molar-refractivity contribution in [1.29, 1.82) is 0 Å². The van der Waals surface area contributed by atoms with Gasteiger partial charge in [-0.1, -0.05) is 47.1 Å². The van der Waals surface area contributed by atoms with Crippen molar-refractivity contribution in [1.82, 2.24) is 0 Å². The van der Waals surface area contributed by atoms with E-state index in [-0.39, 0.29) is 50.4 Å². The lowest BCUT2D eigenvalue weighted by atomic mass is 9.34. The second-order valence-corrected chi connectivity index (χ2v) is 15.2. The quantitative estimate of drug-likeness (QED) is 0.339. The van der Waals surface area contributed by atoms with E-state index in [1.165, 1.54) is 5.57 Å². The van der Waals surface area contributed by atoms with Crippen molar-refractivity contribution in [3.05, 3.63) is 23.5 Å². The molecule has 0 aliphatic heterocycles. The zero-order valence-electron chi connectivity index (χ0n) is 22.6. The Hall–Kier alpha value is -1.23. The molecular weight excluding hydrogens is 456 g/mol. The van der Waals surface area contributed by atoms with Gasteiger partial charge in [0.15, 0.2) is 5.78 Å². The molecule has 5 aliphatic rings. The molecule has 2 N–H and O–H groups in total. The summed E-state index contributed by atoms with van der Waals surface area (Å²) in [6.45, 7) is 15.4. The second-order valence-electron chi connectivity index (χ2n) is 14.6. The van der Waals surface area contributed by atoms with Crippen LogP contribution < -0.4 is 0 Å². The molecule has 194 valence electrons. The molecule has 5 heteroatoms. The van der Waals surface area contributed by atoms with Gasteiger partial charge in [-0.25, -0.2) is 0 Å². The standard InChI is InChI=1S/C30H44O4S/c1-25(2)20-8-9-29(6)23(30(20,7)22(35)15-21(25)32)19(31)14-17-18-16-27(4,24(33)34)11-10-26(18,3)12-13-28(17,29)5/h14-15,18,20,22-23,32,35H,8-13,16H2,1-7H3,(H,33,34)/t18-,20-,22-,23-,26+,27+,28+,29+,30+/m0/s1. The summed E-state index contributed by atoms with van der Waals surface area (Å²) in [7, 11) is 0. The van der Waals surface area contributed by atoms with Crippen LogP contribution in [0.4, 0.5) is 0 Å². The van der Waals surface area contributed by atoms with E-state index in [0.29, 0.717) is 18.6 Å². The van der Waals surface area contributed by atoms with Crippen molar-refractivity contribution in [2.45, 2.75) is 98.7 Å². The molecule has 5 rings (SSSR count). The van der Waals surface area contributed by atoms with Gasteiger partial charge in [-0.2, -0.15) is 12.6 Å². The lowest BCUT2D eigenvalue weighted by Gasteiger charge is -2.70. The fourth-order valence-electron chi connectivity index (χ4n) is 9.93. The van der Waals surface area contributed by atoms with Gasteiger partial charge >= 0.3 is 5.97 Å². The predicted molar refractivity (Wildman–Crippen MR) is 141 cm³/mol. The highest BCUT2D eigenvalue weighted by Crippen LogP contribution is 2.75. The minimum Gasteiger partial charge on any atom is -0.512 e. The largest absolute Gasteiger partial charge is 0.512 e. The number of hydrogen-bond donors (Lipinski definition) is 3. The highest BCUT2D eigenvalue weighted by molar-refractivity contribution is 7.81. The topological polar surface area (TPSA) is 74.6 Å². The van der Waals surface area contributed by atoms with Crippen LogP contribution in [0.25, 0.3) is 0 Å². The predicted octanol–water partition coefficient (Wildman–Crippen LogP) is 7.01. The molecule has 0 aromatic rings. The number of carbonyl (C=O) groups excluding carboxylic acids is 1. The lowest BCUT2D eigenvalue weighted by molar-refractivity contribution is -0.176. The van der Waals surface area contributed by atoms with Crippen LogP contribution in [0.3, 0.4) is 0 Å². The molecule has 0 spiro atoms. The van der Waals surface area contributed by atoms with Crippen LogP contribution in [-0.2, 0) is 9.59 Å². The SMILES string of the molecule is CC1(C)C(O)=C[C@H](S)[C@]2(C)[C@H]3C(=O)C=C4[C@@H]5C[C@](C)(C(=O)O)CC[C@]5(C)CC[C@@]4(C)[C@]3(C)CC[C@@H]12. The molecule has 0 aromatic carbocycles. The Morgan fingerprint density at radius 1 is 1.00 bits per heavy atom. The van der Waals surface area contributed by atoms with Crippen molar-refractivity contribution >= 4 is 24.4 Å². The number of aliphatic hydroxyl groups is 1. The van der Waals surface area contributed by atoms with Gasteiger partial charge in [-0.3, -0.25) is 9.59 Å². The van der Waals surface area contributed by atoms with Gasteiger partial charge in [0.1, 0.15) is 0 Å². The number of aliphatic hydroxyl groups excluding tert-OH is 1. The van der Waals surface area contributed by atoms with Crippen molar-refractivity contribution < 1.29 is 19.8 Å². The van der Waals surface area contributed by atoms with Crippen LogP contribution in [0, 0.1) is 50.2 Å². The summed E-state index contributed by atoms with van der Waals surface area (Å²) in [5, 5.41) is 20.7. The Labute approximate surface area is 216 Å². The van der Waals surface area contributed by atoms with Gasteiger partial charge in [-0.15, -0.1) is 0 Å². The fraction of sp³-hybridized carbons (Fsp3) is 0.800. The molecule has 0 heterocycles. The minimum absolute atomic E-state index is 0.0539. The number of rotatable bonds is 1. The van der Waals surface area contributed by atoms with E-state index in [2.05, 4.69) is 41.5 Å². The third-order valence-electron chi connectivity index (χ3n) is 12.8. The van der Waals surface area contributed by atoms with Crippen molar-refractivity contribution in [3.63, 3.8) is 0 Å². The molecule has 4 nitrogen and oxygen atoms in total. The normalized spacial score (nSPS) is 52.7. The maximum atomic E-state index is 14.3.